The number of hydrogen-bond donors (Lipinski definition) is 0. The highest BCUT2D eigenvalue weighted by molar-refractivity contribution is 6.26. The second kappa shape index (κ2) is 4.81. The fraction of sp³-hybridized carbons (Fsp3) is 0.368. The minimum Gasteiger partial charge on any atom is -0.306 e. The Morgan fingerprint density at radius 3 is 2.54 bits per heavy atom. The monoisotopic (exact) mass is 351 g/mol. The first kappa shape index (κ1) is 15.3. The number of nitro benzene ring substituents is 1. The maximum atomic E-state index is 13.3. The molecule has 7 nitrogen and oxygen atoms in total. The van der Waals surface area contributed by atoms with Crippen molar-refractivity contribution in [2.24, 2.45) is 5.92 Å². The van der Waals surface area contributed by atoms with Crippen LogP contribution in [0.1, 0.15) is 26.2 Å². The number of imide groups is 1. The number of amides is 3. The molecular weight excluding hydrogens is 334 g/mol. The molecule has 2 saturated heterocycles. The quantitative estimate of drug-likeness (QED) is 0.471. The van der Waals surface area contributed by atoms with E-state index < -0.39 is 10.5 Å². The first-order valence-electron chi connectivity index (χ1n) is 8.78. The van der Waals surface area contributed by atoms with Gasteiger partial charge in [-0.3, -0.25) is 14.9 Å². The Hall–Kier alpha value is -2.96. The van der Waals surface area contributed by atoms with Gasteiger partial charge in [-0.25, -0.2) is 9.69 Å². The maximum absolute atomic E-state index is 13.3. The van der Waals surface area contributed by atoms with Crippen LogP contribution in [0.2, 0.25) is 0 Å². The van der Waals surface area contributed by atoms with Gasteiger partial charge in [-0.15, -0.1) is 0 Å². The molecule has 3 fully saturated rings. The van der Waals surface area contributed by atoms with E-state index in [0.29, 0.717) is 16.5 Å². The Balaban J connectivity index is 1.70. The Morgan fingerprint density at radius 2 is 1.85 bits per heavy atom. The summed E-state index contributed by atoms with van der Waals surface area (Å²) in [5.41, 5.74) is -0.394. The molecule has 3 aliphatic rings. The standard InChI is InChI=1S/C19H17N3O4/c1-19-11-6-7-12(10-11)21(19)18(24)20(17(19)23)15-8-9-16(22(25)26)14-5-3-2-4-13(14)15/h2-5,8-9,11-12H,6-7,10H2,1H3/t11-,12+,19+/m0/s1. The van der Waals surface area contributed by atoms with Crippen molar-refractivity contribution in [3.8, 4) is 0 Å². The zero-order chi connectivity index (χ0) is 18.2. The van der Waals surface area contributed by atoms with E-state index in [4.69, 9.17) is 0 Å². The molecule has 132 valence electrons. The second-order valence-electron chi connectivity index (χ2n) is 7.51. The van der Waals surface area contributed by atoms with Gasteiger partial charge in [0.1, 0.15) is 5.54 Å². The van der Waals surface area contributed by atoms with Crippen LogP contribution in [-0.2, 0) is 4.79 Å². The minimum absolute atomic E-state index is 0.0322. The lowest BCUT2D eigenvalue weighted by molar-refractivity contribution is -0.383. The van der Waals surface area contributed by atoms with E-state index in [1.54, 1.807) is 29.2 Å². The molecule has 2 aliphatic heterocycles. The highest BCUT2D eigenvalue weighted by Crippen LogP contribution is 2.54. The van der Waals surface area contributed by atoms with E-state index in [9.17, 15) is 19.7 Å². The van der Waals surface area contributed by atoms with Gasteiger partial charge in [-0.2, -0.15) is 0 Å². The summed E-state index contributed by atoms with van der Waals surface area (Å²) in [5.74, 6) is -0.0213. The van der Waals surface area contributed by atoms with Gasteiger partial charge >= 0.3 is 6.03 Å². The first-order chi connectivity index (χ1) is 12.4. The Morgan fingerprint density at radius 1 is 1.12 bits per heavy atom. The van der Waals surface area contributed by atoms with Crippen LogP contribution in [0.15, 0.2) is 36.4 Å². The lowest BCUT2D eigenvalue weighted by Crippen LogP contribution is -2.51. The van der Waals surface area contributed by atoms with Crippen molar-refractivity contribution in [1.29, 1.82) is 0 Å². The number of piperidine rings is 1. The van der Waals surface area contributed by atoms with Crippen LogP contribution < -0.4 is 4.90 Å². The molecular formula is C19H17N3O4. The smallest absolute Gasteiger partial charge is 0.306 e. The van der Waals surface area contributed by atoms with Crippen LogP contribution >= 0.6 is 0 Å². The lowest BCUT2D eigenvalue weighted by Gasteiger charge is -2.35. The van der Waals surface area contributed by atoms with E-state index in [1.165, 1.54) is 17.0 Å². The molecule has 0 spiro atoms. The molecule has 1 saturated carbocycles. The number of nitrogens with zero attached hydrogens (tertiary/aromatic N) is 3. The average molecular weight is 351 g/mol. The van der Waals surface area contributed by atoms with Crippen LogP contribution in [0, 0.1) is 16.0 Å². The molecule has 3 atom stereocenters. The summed E-state index contributed by atoms with van der Waals surface area (Å²) in [7, 11) is 0. The normalized spacial score (nSPS) is 29.7. The Kier molecular flexibility index (Phi) is 2.83. The summed E-state index contributed by atoms with van der Waals surface area (Å²) in [4.78, 5) is 40.3. The third-order valence-corrected chi connectivity index (χ3v) is 6.41. The number of carbonyl (C=O) groups excluding carboxylic acids is 2. The molecule has 7 heteroatoms. The predicted octanol–water partition coefficient (Wildman–Crippen LogP) is 3.46. The summed E-state index contributed by atoms with van der Waals surface area (Å²) in [5, 5.41) is 12.3. The third-order valence-electron chi connectivity index (χ3n) is 6.41. The van der Waals surface area contributed by atoms with E-state index >= 15 is 0 Å². The zero-order valence-corrected chi connectivity index (χ0v) is 14.2. The largest absolute Gasteiger partial charge is 0.332 e. The van der Waals surface area contributed by atoms with Gasteiger partial charge in [-0.1, -0.05) is 18.2 Å². The zero-order valence-electron chi connectivity index (χ0n) is 14.2. The fourth-order valence-electron chi connectivity index (χ4n) is 5.17. The van der Waals surface area contributed by atoms with E-state index in [2.05, 4.69) is 0 Å². The molecule has 0 unspecified atom stereocenters. The van der Waals surface area contributed by atoms with Crippen molar-refractivity contribution in [3.05, 3.63) is 46.5 Å². The number of urea groups is 1. The molecule has 2 bridgehead atoms. The van der Waals surface area contributed by atoms with Crippen LogP contribution in [0.25, 0.3) is 10.8 Å². The number of carbonyl (C=O) groups is 2. The van der Waals surface area contributed by atoms with E-state index in [1.807, 2.05) is 6.92 Å². The molecule has 1 aliphatic carbocycles. The number of anilines is 1. The van der Waals surface area contributed by atoms with Gasteiger partial charge in [0.15, 0.2) is 0 Å². The van der Waals surface area contributed by atoms with Crippen LogP contribution in [0.3, 0.4) is 0 Å². The molecule has 0 radical (unpaired) electrons. The van der Waals surface area contributed by atoms with Crippen molar-refractivity contribution in [2.45, 2.75) is 37.8 Å². The Labute approximate surface area is 149 Å². The topological polar surface area (TPSA) is 83.8 Å². The van der Waals surface area contributed by atoms with Gasteiger partial charge < -0.3 is 4.90 Å². The van der Waals surface area contributed by atoms with Gasteiger partial charge in [0.2, 0.25) is 0 Å². The van der Waals surface area contributed by atoms with Crippen LogP contribution in [-0.4, -0.2) is 33.3 Å². The molecule has 0 aromatic heterocycles. The van der Waals surface area contributed by atoms with Gasteiger partial charge in [-0.05, 0) is 44.2 Å². The number of hydrogen-bond acceptors (Lipinski definition) is 4. The first-order valence-corrected chi connectivity index (χ1v) is 8.78. The molecule has 2 aromatic rings. The number of nitro groups is 1. The highest BCUT2D eigenvalue weighted by Gasteiger charge is 2.67. The predicted molar refractivity (Wildman–Crippen MR) is 94.9 cm³/mol. The van der Waals surface area contributed by atoms with Crippen molar-refractivity contribution in [2.75, 3.05) is 4.90 Å². The van der Waals surface area contributed by atoms with Gasteiger partial charge in [0.05, 0.1) is 16.0 Å². The molecule has 3 amide bonds. The van der Waals surface area contributed by atoms with E-state index in [0.717, 1.165) is 19.3 Å². The lowest BCUT2D eigenvalue weighted by atomic mass is 9.85. The molecule has 0 N–H and O–H groups in total. The fourth-order valence-corrected chi connectivity index (χ4v) is 5.17. The summed E-state index contributed by atoms with van der Waals surface area (Å²) in [6.07, 6.45) is 2.79. The summed E-state index contributed by atoms with van der Waals surface area (Å²) < 4.78 is 0. The maximum Gasteiger partial charge on any atom is 0.332 e. The van der Waals surface area contributed by atoms with E-state index in [-0.39, 0.29) is 29.6 Å². The summed E-state index contributed by atoms with van der Waals surface area (Å²) in [6.45, 7) is 1.87. The molecule has 5 rings (SSSR count). The van der Waals surface area contributed by atoms with Crippen molar-refractivity contribution in [1.82, 2.24) is 4.90 Å². The Bertz CT molecular complexity index is 1000. The van der Waals surface area contributed by atoms with Crippen molar-refractivity contribution >= 4 is 34.1 Å². The minimum atomic E-state index is -0.789. The van der Waals surface area contributed by atoms with Crippen molar-refractivity contribution < 1.29 is 14.5 Å². The number of rotatable bonds is 2. The summed E-state index contributed by atoms with van der Waals surface area (Å²) in [6, 6.07) is 9.55. The van der Waals surface area contributed by atoms with Crippen LogP contribution in [0.5, 0.6) is 0 Å². The molecule has 2 aromatic carbocycles. The van der Waals surface area contributed by atoms with Crippen LogP contribution in [0.4, 0.5) is 16.2 Å². The SMILES string of the molecule is C[C@@]12C(=O)N(c3ccc([N+](=O)[O-])c4ccccc34)C(=O)N1[C@@H]1CC[C@H]2C1. The number of fused-ring (bicyclic) bond motifs is 6. The van der Waals surface area contributed by atoms with Crippen molar-refractivity contribution in [3.63, 3.8) is 0 Å². The summed E-state index contributed by atoms with van der Waals surface area (Å²) >= 11 is 0. The molecule has 26 heavy (non-hydrogen) atoms. The van der Waals surface area contributed by atoms with Gasteiger partial charge in [0, 0.05) is 17.5 Å². The second-order valence-corrected chi connectivity index (χ2v) is 7.51. The van der Waals surface area contributed by atoms with Gasteiger partial charge in [0.25, 0.3) is 11.6 Å². The highest BCUT2D eigenvalue weighted by atomic mass is 16.6. The number of benzene rings is 2. The molecule has 2 heterocycles. The third kappa shape index (κ3) is 1.63. The number of non-ortho nitro benzene ring substituents is 1. The average Bonchev–Trinajstić information content (AvgIpc) is 3.26.